The third-order valence-corrected chi connectivity index (χ3v) is 4.20. The summed E-state index contributed by atoms with van der Waals surface area (Å²) in [6, 6.07) is 7.36. The molecule has 0 radical (unpaired) electrons. The first-order chi connectivity index (χ1) is 8.53. The van der Waals surface area contributed by atoms with Gasteiger partial charge < -0.3 is 0 Å². The summed E-state index contributed by atoms with van der Waals surface area (Å²) in [7, 11) is 0. The zero-order chi connectivity index (χ0) is 13.2. The van der Waals surface area contributed by atoms with Gasteiger partial charge in [0, 0.05) is 16.0 Å². The van der Waals surface area contributed by atoms with Crippen LogP contribution in [-0.4, -0.2) is 5.78 Å². The first kappa shape index (κ1) is 13.6. The van der Waals surface area contributed by atoms with Crippen molar-refractivity contribution in [2.75, 3.05) is 0 Å². The predicted octanol–water partition coefficient (Wildman–Crippen LogP) is 5.13. The molecule has 0 N–H and O–H groups in total. The maximum atomic E-state index is 12.8. The number of carbonyl (C=O) groups excluding carboxylic acids is 1. The van der Waals surface area contributed by atoms with E-state index in [0.29, 0.717) is 16.7 Å². The molecule has 0 heterocycles. The van der Waals surface area contributed by atoms with Crippen LogP contribution in [-0.2, 0) is 0 Å². The van der Waals surface area contributed by atoms with Crippen molar-refractivity contribution < 1.29 is 4.79 Å². The average Bonchev–Trinajstić information content (AvgIpc) is 2.78. The molecular formula is C16H21ClO. The fourth-order valence-corrected chi connectivity index (χ4v) is 3.39. The van der Waals surface area contributed by atoms with Crippen molar-refractivity contribution in [3.8, 4) is 0 Å². The van der Waals surface area contributed by atoms with Crippen molar-refractivity contribution in [2.24, 2.45) is 11.3 Å². The Balaban J connectivity index is 2.26. The summed E-state index contributed by atoms with van der Waals surface area (Å²) in [5.74, 6) is 0.893. The summed E-state index contributed by atoms with van der Waals surface area (Å²) in [5, 5.41) is 0.691. The van der Waals surface area contributed by atoms with Gasteiger partial charge in [0.1, 0.15) is 0 Å². The number of ketones is 1. The van der Waals surface area contributed by atoms with E-state index < -0.39 is 0 Å². The highest BCUT2D eigenvalue weighted by Gasteiger charge is 2.41. The molecule has 1 aromatic carbocycles. The van der Waals surface area contributed by atoms with Gasteiger partial charge >= 0.3 is 0 Å². The molecule has 0 bridgehead atoms. The molecule has 0 aliphatic heterocycles. The molecule has 98 valence electrons. The van der Waals surface area contributed by atoms with Crippen LogP contribution < -0.4 is 0 Å². The summed E-state index contributed by atoms with van der Waals surface area (Å²) in [5.41, 5.74) is 0.712. The molecule has 1 aromatic rings. The summed E-state index contributed by atoms with van der Waals surface area (Å²) in [6.45, 7) is 4.41. The predicted molar refractivity (Wildman–Crippen MR) is 76.1 cm³/mol. The Morgan fingerprint density at radius 1 is 1.22 bits per heavy atom. The van der Waals surface area contributed by atoms with Crippen molar-refractivity contribution in [1.29, 1.82) is 0 Å². The molecule has 0 saturated heterocycles. The highest BCUT2D eigenvalue weighted by Crippen LogP contribution is 2.45. The molecule has 0 unspecified atom stereocenters. The zero-order valence-electron chi connectivity index (χ0n) is 11.2. The average molecular weight is 265 g/mol. The highest BCUT2D eigenvalue weighted by atomic mass is 35.5. The van der Waals surface area contributed by atoms with Crippen molar-refractivity contribution in [2.45, 2.75) is 46.0 Å². The lowest BCUT2D eigenvalue weighted by molar-refractivity contribution is 0.0760. The minimum Gasteiger partial charge on any atom is -0.294 e. The highest BCUT2D eigenvalue weighted by molar-refractivity contribution is 6.30. The molecule has 1 fully saturated rings. The van der Waals surface area contributed by atoms with E-state index >= 15 is 0 Å². The van der Waals surface area contributed by atoms with Crippen LogP contribution in [0.15, 0.2) is 24.3 Å². The Morgan fingerprint density at radius 3 is 2.28 bits per heavy atom. The molecule has 1 aliphatic carbocycles. The van der Waals surface area contributed by atoms with Crippen molar-refractivity contribution in [3.63, 3.8) is 0 Å². The third kappa shape index (κ3) is 2.77. The molecule has 1 nitrogen and oxygen atoms in total. The lowest BCUT2D eigenvalue weighted by Gasteiger charge is -2.29. The number of benzene rings is 1. The minimum absolute atomic E-state index is 0.109. The number of Topliss-reactive ketones (excluding diaryl/α,β-unsaturated/α-hetero) is 1. The number of hydrogen-bond donors (Lipinski definition) is 0. The molecule has 0 spiro atoms. The van der Waals surface area contributed by atoms with Gasteiger partial charge in [-0.3, -0.25) is 4.79 Å². The van der Waals surface area contributed by atoms with E-state index in [2.05, 4.69) is 13.8 Å². The minimum atomic E-state index is -0.109. The van der Waals surface area contributed by atoms with Gasteiger partial charge in [0.05, 0.1) is 0 Å². The van der Waals surface area contributed by atoms with Crippen LogP contribution in [0.25, 0.3) is 0 Å². The maximum Gasteiger partial charge on any atom is 0.169 e. The molecule has 1 aliphatic rings. The Bertz CT molecular complexity index is 413. The molecule has 1 saturated carbocycles. The van der Waals surface area contributed by atoms with E-state index in [0.717, 1.165) is 24.8 Å². The van der Waals surface area contributed by atoms with Gasteiger partial charge in [-0.05, 0) is 49.4 Å². The second kappa shape index (κ2) is 5.44. The number of hydrogen-bond acceptors (Lipinski definition) is 1. The number of rotatable bonds is 4. The van der Waals surface area contributed by atoms with E-state index in [1.54, 1.807) is 0 Å². The lowest BCUT2D eigenvalue weighted by atomic mass is 9.73. The SMILES string of the molecule is CC(C)CC1(C(=O)c2ccc(Cl)cc2)CCCC1. The van der Waals surface area contributed by atoms with Crippen LogP contribution in [0.5, 0.6) is 0 Å². The second-order valence-corrected chi connectivity index (χ2v) is 6.36. The van der Waals surface area contributed by atoms with Crippen molar-refractivity contribution in [3.05, 3.63) is 34.9 Å². The lowest BCUT2D eigenvalue weighted by Crippen LogP contribution is -2.29. The van der Waals surface area contributed by atoms with E-state index in [1.807, 2.05) is 24.3 Å². The standard InChI is InChI=1S/C16H21ClO/c1-12(2)11-16(9-3-4-10-16)15(18)13-5-7-14(17)8-6-13/h5-8,12H,3-4,9-11H2,1-2H3. The van der Waals surface area contributed by atoms with Crippen molar-refractivity contribution >= 4 is 17.4 Å². The van der Waals surface area contributed by atoms with Gasteiger partial charge in [0.15, 0.2) is 5.78 Å². The maximum absolute atomic E-state index is 12.8. The molecule has 0 amide bonds. The Hall–Kier alpha value is -0.820. The van der Waals surface area contributed by atoms with Gasteiger partial charge in [-0.25, -0.2) is 0 Å². The molecular weight excluding hydrogens is 244 g/mol. The number of halogens is 1. The molecule has 18 heavy (non-hydrogen) atoms. The molecule has 0 aromatic heterocycles. The Labute approximate surface area is 115 Å². The van der Waals surface area contributed by atoms with Gasteiger partial charge in [0.2, 0.25) is 0 Å². The van der Waals surface area contributed by atoms with Gasteiger partial charge in [-0.15, -0.1) is 0 Å². The fraction of sp³-hybridized carbons (Fsp3) is 0.562. The monoisotopic (exact) mass is 264 g/mol. The van der Waals surface area contributed by atoms with Crippen LogP contribution in [0, 0.1) is 11.3 Å². The van der Waals surface area contributed by atoms with Crippen molar-refractivity contribution in [1.82, 2.24) is 0 Å². The molecule has 2 rings (SSSR count). The van der Waals surface area contributed by atoms with Crippen LogP contribution in [0.2, 0.25) is 5.02 Å². The Morgan fingerprint density at radius 2 is 1.78 bits per heavy atom. The normalized spacial score (nSPS) is 18.2. The first-order valence-electron chi connectivity index (χ1n) is 6.84. The largest absolute Gasteiger partial charge is 0.294 e. The number of carbonyl (C=O) groups is 1. The fourth-order valence-electron chi connectivity index (χ4n) is 3.26. The van der Waals surface area contributed by atoms with Crippen LogP contribution >= 0.6 is 11.6 Å². The molecule has 2 heteroatoms. The van der Waals surface area contributed by atoms with E-state index in [9.17, 15) is 4.79 Å². The summed E-state index contributed by atoms with van der Waals surface area (Å²) < 4.78 is 0. The summed E-state index contributed by atoms with van der Waals surface area (Å²) in [6.07, 6.45) is 5.48. The van der Waals surface area contributed by atoms with Crippen LogP contribution in [0.4, 0.5) is 0 Å². The van der Waals surface area contributed by atoms with Crippen LogP contribution in [0.1, 0.15) is 56.3 Å². The first-order valence-corrected chi connectivity index (χ1v) is 7.22. The smallest absolute Gasteiger partial charge is 0.169 e. The van der Waals surface area contributed by atoms with E-state index in [1.165, 1.54) is 12.8 Å². The summed E-state index contributed by atoms with van der Waals surface area (Å²) in [4.78, 5) is 12.8. The van der Waals surface area contributed by atoms with Gasteiger partial charge in [-0.1, -0.05) is 38.3 Å². The quantitative estimate of drug-likeness (QED) is 0.689. The topological polar surface area (TPSA) is 17.1 Å². The summed E-state index contributed by atoms with van der Waals surface area (Å²) >= 11 is 5.88. The van der Waals surface area contributed by atoms with E-state index in [-0.39, 0.29) is 5.41 Å². The third-order valence-electron chi connectivity index (χ3n) is 3.95. The van der Waals surface area contributed by atoms with Crippen LogP contribution in [0.3, 0.4) is 0 Å². The van der Waals surface area contributed by atoms with Gasteiger partial charge in [0.25, 0.3) is 0 Å². The second-order valence-electron chi connectivity index (χ2n) is 5.92. The van der Waals surface area contributed by atoms with E-state index in [4.69, 9.17) is 11.6 Å². The molecule has 0 atom stereocenters. The van der Waals surface area contributed by atoms with Gasteiger partial charge in [-0.2, -0.15) is 0 Å². The Kier molecular flexibility index (Phi) is 4.11. The zero-order valence-corrected chi connectivity index (χ0v) is 12.0.